The smallest absolute Gasteiger partial charge is 0.457 e. The van der Waals surface area contributed by atoms with E-state index in [1.54, 1.807) is 0 Å². The summed E-state index contributed by atoms with van der Waals surface area (Å²) in [6.07, 6.45) is 61.2. The number of esters is 1. The van der Waals surface area contributed by atoms with Crippen LogP contribution in [0.25, 0.3) is 0 Å². The third-order valence-electron chi connectivity index (χ3n) is 8.69. The second-order valence-corrected chi connectivity index (χ2v) is 15.6. The van der Waals surface area contributed by atoms with Crippen LogP contribution in [0.15, 0.2) is 109 Å². The monoisotopic (exact) mass is 828 g/mol. The molecule has 0 saturated heterocycles. The standard InChI is InChI=1S/C49H82NO7P/c1-3-5-7-9-11-13-15-17-19-21-23-25-27-29-31-33-35-37-39-41-44-54-46-48(47-56-58(52,53)55-45-43-50)57-49(51)42-40-38-36-34-32-30-28-26-24-22-20-18-16-14-12-10-8-6-4-2/h6,8,11-14,17-20,23-26,30,32,36,38,48H,3-5,7,9-10,15-16,21-22,27-29,31,33-35,37,39-47,50H2,1-2H3,(H,52,53)/b8-6-,13-11-,14-12-,19-17-,20-18-,25-23-,26-24-,32-30-,38-36-. The minimum absolute atomic E-state index is 0.0715. The molecule has 0 aromatic carbocycles. The molecule has 0 amide bonds. The van der Waals surface area contributed by atoms with Crippen LogP contribution in [0.1, 0.15) is 155 Å². The van der Waals surface area contributed by atoms with Gasteiger partial charge in [-0.25, -0.2) is 4.57 Å². The highest BCUT2D eigenvalue weighted by atomic mass is 31.2. The number of carbonyl (C=O) groups is 1. The van der Waals surface area contributed by atoms with Crippen LogP contribution in [0.3, 0.4) is 0 Å². The van der Waals surface area contributed by atoms with Crippen LogP contribution >= 0.6 is 7.82 Å². The normalized spacial score (nSPS) is 14.5. The zero-order chi connectivity index (χ0) is 42.3. The summed E-state index contributed by atoms with van der Waals surface area (Å²) >= 11 is 0. The van der Waals surface area contributed by atoms with Crippen molar-refractivity contribution in [3.8, 4) is 0 Å². The average Bonchev–Trinajstić information content (AvgIpc) is 3.21. The van der Waals surface area contributed by atoms with Crippen LogP contribution in [-0.2, 0) is 27.9 Å². The zero-order valence-electron chi connectivity index (χ0n) is 36.5. The van der Waals surface area contributed by atoms with Gasteiger partial charge in [-0.1, -0.05) is 168 Å². The maximum Gasteiger partial charge on any atom is 0.472 e. The second-order valence-electron chi connectivity index (χ2n) is 14.2. The van der Waals surface area contributed by atoms with E-state index in [4.69, 9.17) is 24.3 Å². The van der Waals surface area contributed by atoms with Gasteiger partial charge in [0.05, 0.1) is 19.8 Å². The van der Waals surface area contributed by atoms with E-state index < -0.39 is 19.9 Å². The van der Waals surface area contributed by atoms with E-state index in [-0.39, 0.29) is 32.8 Å². The number of hydrogen-bond acceptors (Lipinski definition) is 7. The highest BCUT2D eigenvalue weighted by Crippen LogP contribution is 2.43. The summed E-state index contributed by atoms with van der Waals surface area (Å²) in [5.41, 5.74) is 5.37. The first-order chi connectivity index (χ1) is 28.4. The van der Waals surface area contributed by atoms with Crippen molar-refractivity contribution in [2.75, 3.05) is 33.0 Å². The van der Waals surface area contributed by atoms with Gasteiger partial charge in [-0.15, -0.1) is 0 Å². The van der Waals surface area contributed by atoms with Crippen molar-refractivity contribution >= 4 is 13.8 Å². The fourth-order valence-electron chi connectivity index (χ4n) is 5.44. The lowest BCUT2D eigenvalue weighted by Crippen LogP contribution is -2.28. The zero-order valence-corrected chi connectivity index (χ0v) is 37.4. The molecule has 0 aliphatic carbocycles. The lowest BCUT2D eigenvalue weighted by Gasteiger charge is -2.20. The molecule has 0 spiro atoms. The summed E-state index contributed by atoms with van der Waals surface area (Å²) in [7, 11) is -4.31. The third kappa shape index (κ3) is 44.3. The molecule has 0 saturated carbocycles. The van der Waals surface area contributed by atoms with E-state index in [0.29, 0.717) is 13.0 Å². The Morgan fingerprint density at radius 3 is 1.45 bits per heavy atom. The number of rotatable bonds is 41. The van der Waals surface area contributed by atoms with Crippen LogP contribution in [-0.4, -0.2) is 49.9 Å². The molecule has 0 aliphatic heterocycles. The van der Waals surface area contributed by atoms with Crippen molar-refractivity contribution in [3.63, 3.8) is 0 Å². The summed E-state index contributed by atoms with van der Waals surface area (Å²) in [6, 6.07) is 0. The van der Waals surface area contributed by atoms with Gasteiger partial charge in [-0.2, -0.15) is 0 Å². The van der Waals surface area contributed by atoms with Gasteiger partial charge < -0.3 is 20.1 Å². The highest BCUT2D eigenvalue weighted by molar-refractivity contribution is 7.47. The molecule has 0 aliphatic rings. The molecule has 0 bridgehead atoms. The SMILES string of the molecule is CC/C=C\C/C=C\C/C=C\C/C=C\C/C=C\C/C=C\CCC(=O)OC(COCCCCCCCCC/C=C\C/C=C\C/C=C\CCCCC)COP(=O)(O)OCCN. The summed E-state index contributed by atoms with van der Waals surface area (Å²) in [5.74, 6) is -0.420. The quantitative estimate of drug-likeness (QED) is 0.0271. The van der Waals surface area contributed by atoms with Crippen molar-refractivity contribution in [1.82, 2.24) is 0 Å². The Labute approximate surface area is 354 Å². The van der Waals surface area contributed by atoms with Crippen molar-refractivity contribution in [1.29, 1.82) is 0 Å². The molecule has 330 valence electrons. The number of unbranched alkanes of at least 4 members (excludes halogenated alkanes) is 10. The number of phosphoric ester groups is 1. The van der Waals surface area contributed by atoms with Crippen LogP contribution in [0.2, 0.25) is 0 Å². The first kappa shape index (κ1) is 55.2. The molecule has 0 heterocycles. The highest BCUT2D eigenvalue weighted by Gasteiger charge is 2.25. The van der Waals surface area contributed by atoms with E-state index in [0.717, 1.165) is 77.0 Å². The molecule has 0 aromatic heterocycles. The van der Waals surface area contributed by atoms with Crippen molar-refractivity contribution < 1.29 is 32.8 Å². The molecular formula is C49H82NO7P. The van der Waals surface area contributed by atoms with Crippen LogP contribution in [0.5, 0.6) is 0 Å². The number of hydrogen-bond donors (Lipinski definition) is 2. The predicted molar refractivity (Wildman–Crippen MR) is 247 cm³/mol. The molecule has 0 rings (SSSR count). The molecular weight excluding hydrogens is 746 g/mol. The Kier molecular flexibility index (Phi) is 43.0. The van der Waals surface area contributed by atoms with Gasteiger partial charge in [-0.3, -0.25) is 13.8 Å². The lowest BCUT2D eigenvalue weighted by molar-refractivity contribution is -0.154. The van der Waals surface area contributed by atoms with Gasteiger partial charge in [0.15, 0.2) is 0 Å². The van der Waals surface area contributed by atoms with E-state index in [9.17, 15) is 14.3 Å². The Balaban J connectivity index is 4.19. The number of ether oxygens (including phenoxy) is 2. The summed E-state index contributed by atoms with van der Waals surface area (Å²) < 4.78 is 33.4. The average molecular weight is 828 g/mol. The molecule has 0 fully saturated rings. The molecule has 8 nitrogen and oxygen atoms in total. The molecule has 58 heavy (non-hydrogen) atoms. The van der Waals surface area contributed by atoms with Gasteiger partial charge in [0.2, 0.25) is 0 Å². The van der Waals surface area contributed by atoms with Crippen LogP contribution < -0.4 is 5.73 Å². The Hall–Kier alpha value is -2.84. The fraction of sp³-hybridized carbons (Fsp3) is 0.612. The fourth-order valence-corrected chi connectivity index (χ4v) is 6.20. The second kappa shape index (κ2) is 45.2. The molecule has 2 unspecified atom stereocenters. The maximum atomic E-state index is 12.6. The van der Waals surface area contributed by atoms with Crippen molar-refractivity contribution in [3.05, 3.63) is 109 Å². The largest absolute Gasteiger partial charge is 0.472 e. The minimum Gasteiger partial charge on any atom is -0.457 e. The number of phosphoric acid groups is 1. The van der Waals surface area contributed by atoms with E-state index in [2.05, 4.69) is 111 Å². The number of allylic oxidation sites excluding steroid dienone is 18. The maximum absolute atomic E-state index is 12.6. The number of carbonyl (C=O) groups excluding carboxylic acids is 1. The Morgan fingerprint density at radius 2 is 0.966 bits per heavy atom. The van der Waals surface area contributed by atoms with Crippen molar-refractivity contribution in [2.45, 2.75) is 161 Å². The van der Waals surface area contributed by atoms with Crippen LogP contribution in [0, 0.1) is 0 Å². The van der Waals surface area contributed by atoms with Crippen molar-refractivity contribution in [2.24, 2.45) is 5.73 Å². The Bertz CT molecular complexity index is 1250. The minimum atomic E-state index is -4.31. The first-order valence-corrected chi connectivity index (χ1v) is 23.9. The van der Waals surface area contributed by atoms with Gasteiger partial charge in [0.25, 0.3) is 0 Å². The van der Waals surface area contributed by atoms with E-state index in [1.165, 1.54) is 51.4 Å². The predicted octanol–water partition coefficient (Wildman–Crippen LogP) is 13.6. The van der Waals surface area contributed by atoms with Gasteiger partial charge >= 0.3 is 13.8 Å². The molecule has 2 atom stereocenters. The van der Waals surface area contributed by atoms with E-state index >= 15 is 0 Å². The third-order valence-corrected chi connectivity index (χ3v) is 9.67. The van der Waals surface area contributed by atoms with Gasteiger partial charge in [0.1, 0.15) is 6.10 Å². The summed E-state index contributed by atoms with van der Waals surface area (Å²) in [6.45, 7) is 4.62. The summed E-state index contributed by atoms with van der Waals surface area (Å²) in [5, 5.41) is 0. The molecule has 0 aromatic rings. The summed E-state index contributed by atoms with van der Waals surface area (Å²) in [4.78, 5) is 22.5. The topological polar surface area (TPSA) is 117 Å². The Morgan fingerprint density at radius 1 is 0.534 bits per heavy atom. The van der Waals surface area contributed by atoms with E-state index in [1.807, 2.05) is 12.2 Å². The van der Waals surface area contributed by atoms with Gasteiger partial charge in [-0.05, 0) is 89.9 Å². The van der Waals surface area contributed by atoms with Crippen LogP contribution in [0.4, 0.5) is 0 Å². The van der Waals surface area contributed by atoms with Gasteiger partial charge in [0, 0.05) is 19.6 Å². The number of nitrogens with two attached hydrogens (primary N) is 1. The first-order valence-electron chi connectivity index (χ1n) is 22.4. The lowest BCUT2D eigenvalue weighted by atomic mass is 10.1. The molecule has 3 N–H and O–H groups in total. The molecule has 0 radical (unpaired) electrons. The molecule has 9 heteroatoms.